The number of aromatic nitrogens is 1. The van der Waals surface area contributed by atoms with E-state index in [2.05, 4.69) is 53.2 Å². The predicted octanol–water partition coefficient (Wildman–Crippen LogP) is 2.91. The Labute approximate surface area is 120 Å². The zero-order valence-corrected chi connectivity index (χ0v) is 12.0. The maximum absolute atomic E-state index is 4.86. The highest BCUT2D eigenvalue weighted by Gasteiger charge is 2.34. The molecule has 104 valence electrons. The fourth-order valence-electron chi connectivity index (χ4n) is 3.75. The van der Waals surface area contributed by atoms with Gasteiger partial charge in [0, 0.05) is 30.6 Å². The highest BCUT2D eigenvalue weighted by Crippen LogP contribution is 2.30. The molecule has 3 heteroatoms. The molecule has 2 aromatic rings. The molecule has 0 spiro atoms. The van der Waals surface area contributed by atoms with Crippen molar-refractivity contribution in [3.8, 4) is 0 Å². The lowest BCUT2D eigenvalue weighted by molar-refractivity contribution is 0.254. The summed E-state index contributed by atoms with van der Waals surface area (Å²) in [7, 11) is 2.29. The molecule has 2 aliphatic rings. The number of likely N-dealkylation sites (N-methyl/N-ethyl adjacent to an activating group) is 1. The molecule has 2 fully saturated rings. The lowest BCUT2D eigenvalue weighted by Crippen LogP contribution is -2.36. The quantitative estimate of drug-likeness (QED) is 0.792. The van der Waals surface area contributed by atoms with Crippen LogP contribution >= 0.6 is 0 Å². The third-order valence-electron chi connectivity index (χ3n) is 5.06. The van der Waals surface area contributed by atoms with Gasteiger partial charge in [0.2, 0.25) is 0 Å². The van der Waals surface area contributed by atoms with Gasteiger partial charge < -0.3 is 4.90 Å². The van der Waals surface area contributed by atoms with Crippen LogP contribution in [0.15, 0.2) is 36.4 Å². The third kappa shape index (κ3) is 1.97. The van der Waals surface area contributed by atoms with E-state index in [-0.39, 0.29) is 0 Å². The first kappa shape index (κ1) is 12.2. The Hall–Kier alpha value is -1.61. The third-order valence-corrected chi connectivity index (χ3v) is 5.06. The first-order valence-electron chi connectivity index (χ1n) is 7.64. The highest BCUT2D eigenvalue weighted by atomic mass is 15.3. The SMILES string of the molecule is CN1C2CCC1CN(c1ccc3ccccc3n1)CC2. The number of hydrogen-bond acceptors (Lipinski definition) is 3. The van der Waals surface area contributed by atoms with E-state index in [1.807, 2.05) is 0 Å². The van der Waals surface area contributed by atoms with Crippen molar-refractivity contribution in [2.45, 2.75) is 31.3 Å². The molecule has 0 N–H and O–H groups in total. The Morgan fingerprint density at radius 3 is 2.80 bits per heavy atom. The molecule has 3 nitrogen and oxygen atoms in total. The van der Waals surface area contributed by atoms with Crippen molar-refractivity contribution in [3.63, 3.8) is 0 Å². The standard InChI is InChI=1S/C17H21N3/c1-19-14-7-8-15(19)12-20(11-10-14)17-9-6-13-4-2-3-5-16(13)18-17/h2-6,9,14-15H,7-8,10-12H2,1H3. The van der Waals surface area contributed by atoms with Crippen LogP contribution in [0, 0.1) is 0 Å². The molecule has 2 aliphatic heterocycles. The lowest BCUT2D eigenvalue weighted by atomic mass is 10.1. The van der Waals surface area contributed by atoms with Gasteiger partial charge in [0.15, 0.2) is 0 Å². The zero-order valence-electron chi connectivity index (χ0n) is 12.0. The average molecular weight is 267 g/mol. The van der Waals surface area contributed by atoms with E-state index in [1.54, 1.807) is 0 Å². The fraction of sp³-hybridized carbons (Fsp3) is 0.471. The Kier molecular flexibility index (Phi) is 2.88. The minimum Gasteiger partial charge on any atom is -0.355 e. The molecule has 0 amide bonds. The largest absolute Gasteiger partial charge is 0.355 e. The number of fused-ring (bicyclic) bond motifs is 3. The summed E-state index contributed by atoms with van der Waals surface area (Å²) in [5.74, 6) is 1.14. The van der Waals surface area contributed by atoms with E-state index in [0.29, 0.717) is 6.04 Å². The van der Waals surface area contributed by atoms with Crippen molar-refractivity contribution in [1.82, 2.24) is 9.88 Å². The normalized spacial score (nSPS) is 26.9. The van der Waals surface area contributed by atoms with Crippen LogP contribution in [-0.2, 0) is 0 Å². The molecular weight excluding hydrogens is 246 g/mol. The van der Waals surface area contributed by atoms with Crippen molar-refractivity contribution in [3.05, 3.63) is 36.4 Å². The summed E-state index contributed by atoms with van der Waals surface area (Å²) >= 11 is 0. The summed E-state index contributed by atoms with van der Waals surface area (Å²) in [4.78, 5) is 9.92. The molecule has 1 aromatic heterocycles. The smallest absolute Gasteiger partial charge is 0.129 e. The maximum Gasteiger partial charge on any atom is 0.129 e. The Balaban J connectivity index is 1.65. The van der Waals surface area contributed by atoms with Crippen LogP contribution in [0.5, 0.6) is 0 Å². The molecule has 0 saturated carbocycles. The van der Waals surface area contributed by atoms with E-state index in [9.17, 15) is 0 Å². The fourth-order valence-corrected chi connectivity index (χ4v) is 3.75. The summed E-state index contributed by atoms with van der Waals surface area (Å²) in [5.41, 5.74) is 1.10. The van der Waals surface area contributed by atoms with Gasteiger partial charge in [-0.1, -0.05) is 18.2 Å². The minimum absolute atomic E-state index is 0.704. The number of para-hydroxylation sites is 1. The van der Waals surface area contributed by atoms with Gasteiger partial charge >= 0.3 is 0 Å². The predicted molar refractivity (Wildman–Crippen MR) is 83.1 cm³/mol. The van der Waals surface area contributed by atoms with Gasteiger partial charge in [0.05, 0.1) is 5.52 Å². The van der Waals surface area contributed by atoms with E-state index >= 15 is 0 Å². The van der Waals surface area contributed by atoms with Crippen LogP contribution < -0.4 is 4.90 Å². The number of hydrogen-bond donors (Lipinski definition) is 0. The molecule has 3 heterocycles. The number of rotatable bonds is 1. The lowest BCUT2D eigenvalue weighted by Gasteiger charge is -2.26. The van der Waals surface area contributed by atoms with Gasteiger partial charge in [0.1, 0.15) is 5.82 Å². The number of nitrogens with zero attached hydrogens (tertiary/aromatic N) is 3. The Bertz CT molecular complexity index is 624. The highest BCUT2D eigenvalue weighted by molar-refractivity contribution is 5.80. The first-order chi connectivity index (χ1) is 9.81. The van der Waals surface area contributed by atoms with Gasteiger partial charge in [-0.2, -0.15) is 0 Å². The summed E-state index contributed by atoms with van der Waals surface area (Å²) in [6.07, 6.45) is 3.98. The summed E-state index contributed by atoms with van der Waals surface area (Å²) in [5, 5.41) is 1.23. The molecule has 2 unspecified atom stereocenters. The summed E-state index contributed by atoms with van der Waals surface area (Å²) in [6.45, 7) is 2.26. The minimum atomic E-state index is 0.704. The van der Waals surface area contributed by atoms with Crippen molar-refractivity contribution >= 4 is 16.7 Å². The summed E-state index contributed by atoms with van der Waals surface area (Å²) < 4.78 is 0. The van der Waals surface area contributed by atoms with Crippen LogP contribution in [0.25, 0.3) is 10.9 Å². The molecule has 0 radical (unpaired) electrons. The van der Waals surface area contributed by atoms with Crippen LogP contribution in [-0.4, -0.2) is 42.1 Å². The molecule has 2 atom stereocenters. The van der Waals surface area contributed by atoms with Gasteiger partial charge in [-0.15, -0.1) is 0 Å². The van der Waals surface area contributed by atoms with E-state index < -0.39 is 0 Å². The van der Waals surface area contributed by atoms with Crippen LogP contribution in [0.2, 0.25) is 0 Å². The second-order valence-electron chi connectivity index (χ2n) is 6.15. The van der Waals surface area contributed by atoms with E-state index in [1.165, 1.54) is 24.6 Å². The molecule has 0 aliphatic carbocycles. The monoisotopic (exact) mass is 267 g/mol. The van der Waals surface area contributed by atoms with E-state index in [4.69, 9.17) is 4.98 Å². The molecular formula is C17H21N3. The van der Waals surface area contributed by atoms with E-state index in [0.717, 1.165) is 30.5 Å². The van der Waals surface area contributed by atoms with Crippen molar-refractivity contribution in [2.24, 2.45) is 0 Å². The van der Waals surface area contributed by atoms with Crippen LogP contribution in [0.3, 0.4) is 0 Å². The van der Waals surface area contributed by atoms with Gasteiger partial charge in [-0.3, -0.25) is 4.90 Å². The average Bonchev–Trinajstić information content (AvgIpc) is 2.72. The molecule has 1 aromatic carbocycles. The van der Waals surface area contributed by atoms with Crippen molar-refractivity contribution < 1.29 is 0 Å². The summed E-state index contributed by atoms with van der Waals surface area (Å²) in [6, 6.07) is 14.2. The number of anilines is 1. The first-order valence-corrected chi connectivity index (χ1v) is 7.64. The van der Waals surface area contributed by atoms with Gasteiger partial charge in [0.25, 0.3) is 0 Å². The maximum atomic E-state index is 4.86. The molecule has 20 heavy (non-hydrogen) atoms. The van der Waals surface area contributed by atoms with Gasteiger partial charge in [-0.25, -0.2) is 4.98 Å². The van der Waals surface area contributed by atoms with Gasteiger partial charge in [-0.05, 0) is 44.5 Å². The second-order valence-corrected chi connectivity index (χ2v) is 6.15. The second kappa shape index (κ2) is 4.74. The zero-order chi connectivity index (χ0) is 13.5. The van der Waals surface area contributed by atoms with Crippen molar-refractivity contribution in [1.29, 1.82) is 0 Å². The van der Waals surface area contributed by atoms with Crippen LogP contribution in [0.4, 0.5) is 5.82 Å². The topological polar surface area (TPSA) is 19.4 Å². The molecule has 4 rings (SSSR count). The Morgan fingerprint density at radius 2 is 1.85 bits per heavy atom. The van der Waals surface area contributed by atoms with Crippen LogP contribution in [0.1, 0.15) is 19.3 Å². The Morgan fingerprint density at radius 1 is 1.00 bits per heavy atom. The number of pyridine rings is 1. The molecule has 2 saturated heterocycles. The van der Waals surface area contributed by atoms with Crippen molar-refractivity contribution in [2.75, 3.05) is 25.0 Å². The molecule has 2 bridgehead atoms. The number of benzene rings is 1.